The number of ether oxygens (including phenoxy) is 2. The minimum Gasteiger partial charge on any atom is -0.493 e. The van der Waals surface area contributed by atoms with Gasteiger partial charge in [-0.1, -0.05) is 30.3 Å². The molecule has 0 aliphatic rings. The molecule has 0 bridgehead atoms. The van der Waals surface area contributed by atoms with E-state index in [1.165, 1.54) is 13.3 Å². The number of hydrogen-bond acceptors (Lipinski definition) is 6. The largest absolute Gasteiger partial charge is 0.493 e. The van der Waals surface area contributed by atoms with Crippen molar-refractivity contribution in [2.45, 2.75) is 13.8 Å². The lowest BCUT2D eigenvalue weighted by atomic mass is 9.95. The van der Waals surface area contributed by atoms with E-state index in [1.54, 1.807) is 20.0 Å². The highest BCUT2D eigenvalue weighted by atomic mass is 16.5. The molecule has 0 unspecified atom stereocenters. The van der Waals surface area contributed by atoms with Crippen LogP contribution in [-0.2, 0) is 14.3 Å². The van der Waals surface area contributed by atoms with Gasteiger partial charge in [-0.05, 0) is 26.1 Å². The summed E-state index contributed by atoms with van der Waals surface area (Å²) in [5.41, 5.74) is 6.77. The van der Waals surface area contributed by atoms with E-state index in [-0.39, 0.29) is 12.6 Å². The molecule has 0 atom stereocenters. The molecule has 0 radical (unpaired) electrons. The molecule has 24 heavy (non-hydrogen) atoms. The monoisotopic (exact) mass is 331 g/mol. The fraction of sp³-hybridized carbons (Fsp3) is 0.333. The first-order valence-corrected chi connectivity index (χ1v) is 7.51. The van der Waals surface area contributed by atoms with Gasteiger partial charge in [-0.15, -0.1) is 0 Å². The molecule has 0 amide bonds. The predicted molar refractivity (Wildman–Crippen MR) is 96.0 cm³/mol. The fourth-order valence-electron chi connectivity index (χ4n) is 1.82. The van der Waals surface area contributed by atoms with Gasteiger partial charge in [0.2, 0.25) is 0 Å². The average molecular weight is 331 g/mol. The first kappa shape index (κ1) is 19.3. The van der Waals surface area contributed by atoms with E-state index < -0.39 is 5.41 Å². The summed E-state index contributed by atoms with van der Waals surface area (Å²) in [7, 11) is 1.35. The molecule has 130 valence electrons. The maximum atomic E-state index is 11.7. The standard InChI is InChI=1S/C18H25N3O3/c1-18(2,17(22)23-4)13-24-15(10-20-3)11-21-12-16(19)14-8-6-5-7-9-14/h5-10,12,21H,3,11,13,19H2,1-2,4H3/b15-10-,16-12-. The Labute approximate surface area is 143 Å². The predicted octanol–water partition coefficient (Wildman–Crippen LogP) is 2.29. The molecule has 0 aliphatic heterocycles. The highest BCUT2D eigenvalue weighted by Crippen LogP contribution is 2.19. The number of rotatable bonds is 9. The summed E-state index contributed by atoms with van der Waals surface area (Å²) in [4.78, 5) is 15.4. The van der Waals surface area contributed by atoms with Crippen LogP contribution in [0.1, 0.15) is 19.4 Å². The smallest absolute Gasteiger partial charge is 0.314 e. The third-order valence-corrected chi connectivity index (χ3v) is 3.23. The molecular formula is C18H25N3O3. The quantitative estimate of drug-likeness (QED) is 0.412. The summed E-state index contributed by atoms with van der Waals surface area (Å²) in [6.45, 7) is 7.45. The average Bonchev–Trinajstić information content (AvgIpc) is 2.59. The molecule has 0 aromatic heterocycles. The third kappa shape index (κ3) is 6.16. The second-order valence-electron chi connectivity index (χ2n) is 5.79. The summed E-state index contributed by atoms with van der Waals surface area (Å²) in [5.74, 6) is 0.202. The van der Waals surface area contributed by atoms with Crippen LogP contribution in [0.3, 0.4) is 0 Å². The molecular weight excluding hydrogens is 306 g/mol. The summed E-state index contributed by atoms with van der Waals surface area (Å²) in [5, 5.41) is 3.06. The molecule has 3 N–H and O–H groups in total. The molecule has 1 rings (SSSR count). The Kier molecular flexibility index (Phi) is 7.55. The number of nitrogens with one attached hydrogen (secondary N) is 1. The Hall–Kier alpha value is -2.76. The van der Waals surface area contributed by atoms with Crippen LogP contribution in [0.25, 0.3) is 5.70 Å². The van der Waals surface area contributed by atoms with Gasteiger partial charge in [0.25, 0.3) is 0 Å². The lowest BCUT2D eigenvalue weighted by molar-refractivity contribution is -0.153. The SMILES string of the molecule is C=N/C=C(/CN/C=C(\N)c1ccccc1)OCC(C)(C)C(=O)OC. The van der Waals surface area contributed by atoms with Crippen molar-refractivity contribution in [2.24, 2.45) is 16.1 Å². The first-order valence-electron chi connectivity index (χ1n) is 7.51. The lowest BCUT2D eigenvalue weighted by Gasteiger charge is -2.22. The van der Waals surface area contributed by atoms with Crippen LogP contribution in [0.5, 0.6) is 0 Å². The normalized spacial score (nSPS) is 12.5. The molecule has 0 saturated carbocycles. The van der Waals surface area contributed by atoms with E-state index in [9.17, 15) is 4.79 Å². The summed E-state index contributed by atoms with van der Waals surface area (Å²) in [6.07, 6.45) is 3.19. The van der Waals surface area contributed by atoms with Crippen molar-refractivity contribution < 1.29 is 14.3 Å². The van der Waals surface area contributed by atoms with Crippen LogP contribution in [0.15, 0.2) is 53.5 Å². The van der Waals surface area contributed by atoms with Crippen molar-refractivity contribution >= 4 is 18.4 Å². The Morgan fingerprint density at radius 1 is 1.38 bits per heavy atom. The van der Waals surface area contributed by atoms with Crippen molar-refractivity contribution in [3.63, 3.8) is 0 Å². The lowest BCUT2D eigenvalue weighted by Crippen LogP contribution is -2.31. The zero-order chi connectivity index (χ0) is 18.0. The maximum Gasteiger partial charge on any atom is 0.314 e. The number of esters is 1. The van der Waals surface area contributed by atoms with Gasteiger partial charge in [0.15, 0.2) is 0 Å². The van der Waals surface area contributed by atoms with Crippen molar-refractivity contribution in [2.75, 3.05) is 20.3 Å². The van der Waals surface area contributed by atoms with E-state index in [0.29, 0.717) is 18.0 Å². The van der Waals surface area contributed by atoms with Gasteiger partial charge < -0.3 is 20.5 Å². The zero-order valence-electron chi connectivity index (χ0n) is 14.4. The molecule has 1 aromatic rings. The molecule has 0 heterocycles. The van der Waals surface area contributed by atoms with Crippen LogP contribution in [0.2, 0.25) is 0 Å². The highest BCUT2D eigenvalue weighted by molar-refractivity contribution is 5.75. The van der Waals surface area contributed by atoms with E-state index >= 15 is 0 Å². The zero-order valence-corrected chi connectivity index (χ0v) is 14.4. The molecule has 1 aromatic carbocycles. The molecule has 0 aliphatic carbocycles. The number of nitrogens with two attached hydrogens (primary N) is 1. The second-order valence-corrected chi connectivity index (χ2v) is 5.79. The van der Waals surface area contributed by atoms with E-state index in [1.807, 2.05) is 30.3 Å². The number of hydrogen-bond donors (Lipinski definition) is 2. The van der Waals surface area contributed by atoms with Crippen molar-refractivity contribution in [1.82, 2.24) is 5.32 Å². The summed E-state index contributed by atoms with van der Waals surface area (Å²) < 4.78 is 10.4. The van der Waals surface area contributed by atoms with Crippen LogP contribution in [0, 0.1) is 5.41 Å². The van der Waals surface area contributed by atoms with E-state index in [2.05, 4.69) is 17.0 Å². The Morgan fingerprint density at radius 2 is 2.04 bits per heavy atom. The van der Waals surface area contributed by atoms with Crippen molar-refractivity contribution in [1.29, 1.82) is 0 Å². The van der Waals surface area contributed by atoms with Gasteiger partial charge >= 0.3 is 5.97 Å². The number of nitrogens with zero attached hydrogens (tertiary/aromatic N) is 1. The van der Waals surface area contributed by atoms with Gasteiger partial charge in [0.1, 0.15) is 12.4 Å². The fourth-order valence-corrected chi connectivity index (χ4v) is 1.82. The van der Waals surface area contributed by atoms with E-state index in [4.69, 9.17) is 15.2 Å². The van der Waals surface area contributed by atoms with Crippen molar-refractivity contribution in [3.05, 3.63) is 54.1 Å². The minimum absolute atomic E-state index is 0.167. The number of aliphatic imine (C=N–C) groups is 1. The molecule has 0 spiro atoms. The number of carbonyl (C=O) groups is 1. The van der Waals surface area contributed by atoms with Gasteiger partial charge in [-0.3, -0.25) is 9.79 Å². The third-order valence-electron chi connectivity index (χ3n) is 3.23. The maximum absolute atomic E-state index is 11.7. The van der Waals surface area contributed by atoms with Crippen LogP contribution < -0.4 is 11.1 Å². The topological polar surface area (TPSA) is 85.9 Å². The molecule has 6 heteroatoms. The van der Waals surface area contributed by atoms with Crippen LogP contribution >= 0.6 is 0 Å². The summed E-state index contributed by atoms with van der Waals surface area (Å²) >= 11 is 0. The van der Waals surface area contributed by atoms with Crippen LogP contribution in [0.4, 0.5) is 0 Å². The van der Waals surface area contributed by atoms with E-state index in [0.717, 1.165) is 5.56 Å². The van der Waals surface area contributed by atoms with Gasteiger partial charge in [0.05, 0.1) is 31.0 Å². The van der Waals surface area contributed by atoms with Gasteiger partial charge in [-0.25, -0.2) is 0 Å². The van der Waals surface area contributed by atoms with Gasteiger partial charge in [-0.2, -0.15) is 0 Å². The number of methoxy groups -OCH3 is 1. The van der Waals surface area contributed by atoms with Crippen LogP contribution in [-0.4, -0.2) is 32.9 Å². The number of benzene rings is 1. The molecule has 0 fully saturated rings. The summed E-state index contributed by atoms with van der Waals surface area (Å²) in [6, 6.07) is 9.61. The van der Waals surface area contributed by atoms with Gasteiger partial charge in [0, 0.05) is 6.20 Å². The second kappa shape index (κ2) is 9.39. The first-order chi connectivity index (χ1) is 11.4. The molecule has 6 nitrogen and oxygen atoms in total. The van der Waals surface area contributed by atoms with Crippen molar-refractivity contribution in [3.8, 4) is 0 Å². The number of carbonyl (C=O) groups excluding carboxylic acids is 1. The minimum atomic E-state index is -0.756. The Morgan fingerprint density at radius 3 is 2.62 bits per heavy atom. The molecule has 0 saturated heterocycles. The highest BCUT2D eigenvalue weighted by Gasteiger charge is 2.29. The Bertz CT molecular complexity index is 607. The Balaban J connectivity index is 2.60.